The van der Waals surface area contributed by atoms with E-state index in [-0.39, 0.29) is 0 Å². The first-order valence-corrected chi connectivity index (χ1v) is 6.63. The Labute approximate surface area is 119 Å². The van der Waals surface area contributed by atoms with Crippen LogP contribution in [0.1, 0.15) is 5.56 Å². The number of hydrogen-bond donors (Lipinski definition) is 0. The first-order valence-electron chi connectivity index (χ1n) is 6.63. The van der Waals surface area contributed by atoms with Crippen LogP contribution in [0.3, 0.4) is 0 Å². The molecular weight excluding hydrogens is 244 g/mol. The van der Waals surface area contributed by atoms with Crippen molar-refractivity contribution in [3.8, 4) is 22.6 Å². The summed E-state index contributed by atoms with van der Waals surface area (Å²) in [5.41, 5.74) is 3.58. The molecule has 0 saturated carbocycles. The highest BCUT2D eigenvalue weighted by Crippen LogP contribution is 2.27. The molecule has 0 saturated heterocycles. The molecule has 0 aliphatic heterocycles. The molecule has 3 aromatic carbocycles. The summed E-state index contributed by atoms with van der Waals surface area (Å²) in [6, 6.07) is 27.3. The van der Waals surface area contributed by atoms with Gasteiger partial charge in [0.15, 0.2) is 0 Å². The van der Waals surface area contributed by atoms with Crippen molar-refractivity contribution in [3.05, 3.63) is 84.4 Å². The van der Waals surface area contributed by atoms with E-state index in [4.69, 9.17) is 4.74 Å². The van der Waals surface area contributed by atoms with Gasteiger partial charge in [0.1, 0.15) is 11.5 Å². The van der Waals surface area contributed by atoms with E-state index in [0.29, 0.717) is 0 Å². The van der Waals surface area contributed by atoms with E-state index >= 15 is 0 Å². The summed E-state index contributed by atoms with van der Waals surface area (Å²) in [5.74, 6) is 1.56. The van der Waals surface area contributed by atoms with E-state index in [2.05, 4.69) is 37.3 Å². The topological polar surface area (TPSA) is 9.23 Å². The molecule has 3 rings (SSSR count). The maximum atomic E-state index is 5.82. The second-order valence-electron chi connectivity index (χ2n) is 4.73. The van der Waals surface area contributed by atoms with Gasteiger partial charge >= 0.3 is 0 Å². The van der Waals surface area contributed by atoms with Crippen LogP contribution in [0, 0.1) is 13.0 Å². The summed E-state index contributed by atoms with van der Waals surface area (Å²) in [5, 5.41) is 0. The Bertz CT molecular complexity index is 702. The van der Waals surface area contributed by atoms with E-state index in [0.717, 1.165) is 17.1 Å². The number of benzene rings is 3. The molecule has 3 aromatic rings. The van der Waals surface area contributed by atoms with Crippen molar-refractivity contribution in [1.29, 1.82) is 0 Å². The molecule has 20 heavy (non-hydrogen) atoms. The van der Waals surface area contributed by atoms with Crippen LogP contribution < -0.4 is 4.74 Å². The van der Waals surface area contributed by atoms with Crippen molar-refractivity contribution in [1.82, 2.24) is 0 Å². The molecule has 0 atom stereocenters. The van der Waals surface area contributed by atoms with E-state index in [1.54, 1.807) is 0 Å². The fraction of sp³-hybridized carbons (Fsp3) is 0.0526. The molecule has 0 aliphatic rings. The van der Waals surface area contributed by atoms with Gasteiger partial charge in [0.05, 0.1) is 0 Å². The molecule has 0 fully saturated rings. The maximum Gasteiger partial charge on any atom is 0.136 e. The van der Waals surface area contributed by atoms with Gasteiger partial charge in [-0.05, 0) is 42.3 Å². The molecule has 0 amide bonds. The number of aryl methyl sites for hydroxylation is 1. The van der Waals surface area contributed by atoms with Crippen molar-refractivity contribution in [3.63, 3.8) is 0 Å². The second-order valence-corrected chi connectivity index (χ2v) is 4.73. The van der Waals surface area contributed by atoms with E-state index in [1.165, 1.54) is 11.1 Å². The number of ether oxygens (including phenoxy) is 1. The van der Waals surface area contributed by atoms with Crippen LogP contribution in [0.5, 0.6) is 11.5 Å². The Kier molecular flexibility index (Phi) is 3.51. The lowest BCUT2D eigenvalue weighted by Gasteiger charge is -2.08. The lowest BCUT2D eigenvalue weighted by Crippen LogP contribution is -1.85. The average Bonchev–Trinajstić information content (AvgIpc) is 2.49. The Morgan fingerprint density at radius 1 is 0.800 bits per heavy atom. The summed E-state index contributed by atoms with van der Waals surface area (Å²) in [4.78, 5) is 0. The Morgan fingerprint density at radius 3 is 2.40 bits per heavy atom. The molecule has 1 radical (unpaired) electrons. The first-order chi connectivity index (χ1) is 9.81. The summed E-state index contributed by atoms with van der Waals surface area (Å²) >= 11 is 0. The van der Waals surface area contributed by atoms with Gasteiger partial charge in [0.25, 0.3) is 0 Å². The zero-order valence-corrected chi connectivity index (χ0v) is 11.3. The first kappa shape index (κ1) is 12.5. The van der Waals surface area contributed by atoms with Gasteiger partial charge in [0.2, 0.25) is 0 Å². The summed E-state index contributed by atoms with van der Waals surface area (Å²) in [6.07, 6.45) is 0. The minimum Gasteiger partial charge on any atom is -0.457 e. The molecule has 0 spiro atoms. The zero-order chi connectivity index (χ0) is 13.8. The van der Waals surface area contributed by atoms with Crippen molar-refractivity contribution >= 4 is 0 Å². The predicted octanol–water partition coefficient (Wildman–Crippen LogP) is 5.25. The lowest BCUT2D eigenvalue weighted by atomic mass is 10.0. The van der Waals surface area contributed by atoms with Crippen LogP contribution in [0.2, 0.25) is 0 Å². The average molecular weight is 259 g/mol. The van der Waals surface area contributed by atoms with Crippen LogP contribution >= 0.6 is 0 Å². The number of rotatable bonds is 3. The molecule has 0 N–H and O–H groups in total. The second kappa shape index (κ2) is 5.62. The zero-order valence-electron chi connectivity index (χ0n) is 11.3. The highest BCUT2D eigenvalue weighted by molar-refractivity contribution is 5.65. The highest BCUT2D eigenvalue weighted by Gasteiger charge is 2.02. The Hall–Kier alpha value is -2.54. The largest absolute Gasteiger partial charge is 0.457 e. The van der Waals surface area contributed by atoms with Crippen LogP contribution in [0.25, 0.3) is 11.1 Å². The molecule has 0 bridgehead atoms. The standard InChI is InChI=1S/C19H15O/c1-15-7-5-8-16(13-15)17-9-6-12-19(14-17)20-18-10-3-2-4-11-18/h2-11,13-14H,1H3. The van der Waals surface area contributed by atoms with Gasteiger partial charge in [-0.1, -0.05) is 54.1 Å². The third-order valence-corrected chi connectivity index (χ3v) is 3.10. The third-order valence-electron chi connectivity index (χ3n) is 3.10. The molecule has 1 nitrogen and oxygen atoms in total. The van der Waals surface area contributed by atoms with Crippen LogP contribution in [-0.2, 0) is 0 Å². The molecule has 0 heterocycles. The molecule has 0 aliphatic carbocycles. The SMILES string of the molecule is Cc1cccc(-c2cc[c]c(Oc3ccccc3)c2)c1. The van der Waals surface area contributed by atoms with Crippen LogP contribution in [0.15, 0.2) is 72.8 Å². The fourth-order valence-corrected chi connectivity index (χ4v) is 2.12. The lowest BCUT2D eigenvalue weighted by molar-refractivity contribution is 0.482. The Balaban J connectivity index is 1.90. The summed E-state index contributed by atoms with van der Waals surface area (Å²) in [7, 11) is 0. The van der Waals surface area contributed by atoms with Gasteiger partial charge in [-0.25, -0.2) is 0 Å². The fourth-order valence-electron chi connectivity index (χ4n) is 2.12. The third kappa shape index (κ3) is 2.89. The van der Waals surface area contributed by atoms with Gasteiger partial charge in [0, 0.05) is 6.07 Å². The maximum absolute atomic E-state index is 5.82. The number of hydrogen-bond acceptors (Lipinski definition) is 1. The summed E-state index contributed by atoms with van der Waals surface area (Å²) in [6.45, 7) is 2.10. The molecule has 0 unspecified atom stereocenters. The van der Waals surface area contributed by atoms with Gasteiger partial charge in [-0.15, -0.1) is 0 Å². The molecule has 97 valence electrons. The van der Waals surface area contributed by atoms with E-state index < -0.39 is 0 Å². The van der Waals surface area contributed by atoms with Crippen LogP contribution in [-0.4, -0.2) is 0 Å². The normalized spacial score (nSPS) is 10.2. The predicted molar refractivity (Wildman–Crippen MR) is 82.0 cm³/mol. The Morgan fingerprint density at radius 2 is 1.60 bits per heavy atom. The van der Waals surface area contributed by atoms with Crippen molar-refractivity contribution < 1.29 is 4.74 Å². The van der Waals surface area contributed by atoms with Gasteiger partial charge in [-0.3, -0.25) is 0 Å². The van der Waals surface area contributed by atoms with Crippen molar-refractivity contribution in [2.45, 2.75) is 6.92 Å². The molecular formula is C19H15O. The quantitative estimate of drug-likeness (QED) is 0.623. The smallest absolute Gasteiger partial charge is 0.136 e. The van der Waals surface area contributed by atoms with Crippen molar-refractivity contribution in [2.75, 3.05) is 0 Å². The minimum absolute atomic E-state index is 0.732. The summed E-state index contributed by atoms with van der Waals surface area (Å²) < 4.78 is 5.82. The molecule has 1 heteroatoms. The van der Waals surface area contributed by atoms with Gasteiger partial charge in [-0.2, -0.15) is 0 Å². The molecule has 0 aromatic heterocycles. The van der Waals surface area contributed by atoms with Crippen LogP contribution in [0.4, 0.5) is 0 Å². The van der Waals surface area contributed by atoms with Gasteiger partial charge < -0.3 is 4.74 Å². The van der Waals surface area contributed by atoms with E-state index in [9.17, 15) is 0 Å². The van der Waals surface area contributed by atoms with E-state index in [1.807, 2.05) is 48.5 Å². The minimum atomic E-state index is 0.732. The number of para-hydroxylation sites is 1. The highest BCUT2D eigenvalue weighted by atomic mass is 16.5. The monoisotopic (exact) mass is 259 g/mol. The van der Waals surface area contributed by atoms with Crippen molar-refractivity contribution in [2.24, 2.45) is 0 Å².